The van der Waals surface area contributed by atoms with Gasteiger partial charge in [-0.25, -0.2) is 14.8 Å². The molecule has 1 fully saturated rings. The van der Waals surface area contributed by atoms with Crippen molar-refractivity contribution >= 4 is 6.03 Å². The molecule has 140 valence electrons. The van der Waals surface area contributed by atoms with E-state index >= 15 is 0 Å². The molecule has 3 aromatic heterocycles. The molecule has 1 aliphatic heterocycles. The minimum Gasteiger partial charge on any atom is -0.331 e. The van der Waals surface area contributed by atoms with Gasteiger partial charge < -0.3 is 10.2 Å². The van der Waals surface area contributed by atoms with E-state index in [2.05, 4.69) is 41.6 Å². The Bertz CT molecular complexity index is 933. The number of likely N-dealkylation sites (tertiary alicyclic amines) is 1. The van der Waals surface area contributed by atoms with Gasteiger partial charge in [0.1, 0.15) is 11.5 Å². The highest BCUT2D eigenvalue weighted by Crippen LogP contribution is 2.23. The average Bonchev–Trinajstić information content (AvgIpc) is 3.40. The monoisotopic (exact) mass is 367 g/mol. The number of hydrogen-bond donors (Lipinski definition) is 2. The maximum Gasteiger partial charge on any atom is 0.317 e. The minimum absolute atomic E-state index is 0.114. The fourth-order valence-corrected chi connectivity index (χ4v) is 3.32. The molecule has 0 aliphatic carbocycles. The Balaban J connectivity index is 1.33. The predicted molar refractivity (Wildman–Crippen MR) is 96.6 cm³/mol. The highest BCUT2D eigenvalue weighted by Gasteiger charge is 2.28. The summed E-state index contributed by atoms with van der Waals surface area (Å²) >= 11 is 0. The lowest BCUT2D eigenvalue weighted by atomic mass is 10.2. The van der Waals surface area contributed by atoms with Crippen molar-refractivity contribution in [3.05, 3.63) is 41.9 Å². The Morgan fingerprint density at radius 1 is 1.37 bits per heavy atom. The summed E-state index contributed by atoms with van der Waals surface area (Å²) in [5.41, 5.74) is 2.70. The van der Waals surface area contributed by atoms with Crippen molar-refractivity contribution in [2.75, 3.05) is 13.1 Å². The van der Waals surface area contributed by atoms with Crippen LogP contribution in [0.5, 0.6) is 0 Å². The molecule has 0 spiro atoms. The van der Waals surface area contributed by atoms with E-state index in [1.807, 2.05) is 18.5 Å². The van der Waals surface area contributed by atoms with Crippen molar-refractivity contribution in [3.63, 3.8) is 0 Å². The number of rotatable bonds is 4. The summed E-state index contributed by atoms with van der Waals surface area (Å²) in [6.07, 6.45) is 5.66. The van der Waals surface area contributed by atoms with Crippen LogP contribution in [-0.2, 0) is 6.54 Å². The van der Waals surface area contributed by atoms with E-state index in [-0.39, 0.29) is 18.6 Å². The molecule has 0 radical (unpaired) electrons. The zero-order chi connectivity index (χ0) is 18.8. The van der Waals surface area contributed by atoms with Crippen LogP contribution in [0.3, 0.4) is 0 Å². The Morgan fingerprint density at radius 2 is 2.26 bits per heavy atom. The number of aromatic nitrogens is 7. The summed E-state index contributed by atoms with van der Waals surface area (Å²) < 4.78 is 2.02. The van der Waals surface area contributed by atoms with Crippen LogP contribution in [0.1, 0.15) is 29.7 Å². The number of carbonyl (C=O) groups excluding carboxylic acids is 1. The van der Waals surface area contributed by atoms with Crippen LogP contribution in [0, 0.1) is 13.8 Å². The third-order valence-electron chi connectivity index (χ3n) is 4.57. The molecule has 4 heterocycles. The SMILES string of the molecule is Cc1cc(C)n([C@@H]2CCN(C(=O)NCc3nc(-c4cnccn4)n[nH]3)C2)n1. The number of H-pyrrole nitrogens is 1. The van der Waals surface area contributed by atoms with Gasteiger partial charge in [0.05, 0.1) is 24.5 Å². The van der Waals surface area contributed by atoms with E-state index in [0.717, 1.165) is 17.8 Å². The van der Waals surface area contributed by atoms with E-state index in [0.29, 0.717) is 30.4 Å². The fourth-order valence-electron chi connectivity index (χ4n) is 3.32. The first-order valence-corrected chi connectivity index (χ1v) is 8.83. The Morgan fingerprint density at radius 3 is 3.00 bits per heavy atom. The smallest absolute Gasteiger partial charge is 0.317 e. The van der Waals surface area contributed by atoms with Crippen LogP contribution in [-0.4, -0.2) is 59.0 Å². The molecule has 0 unspecified atom stereocenters. The lowest BCUT2D eigenvalue weighted by Gasteiger charge is -2.17. The topological polar surface area (TPSA) is 118 Å². The number of aryl methyl sites for hydroxylation is 2. The summed E-state index contributed by atoms with van der Waals surface area (Å²) in [6, 6.07) is 2.16. The molecule has 2 N–H and O–H groups in total. The first-order valence-electron chi connectivity index (χ1n) is 8.83. The number of aromatic amines is 1. The number of carbonyl (C=O) groups is 1. The van der Waals surface area contributed by atoms with Crippen LogP contribution in [0.2, 0.25) is 0 Å². The van der Waals surface area contributed by atoms with Crippen molar-refractivity contribution in [3.8, 4) is 11.5 Å². The summed E-state index contributed by atoms with van der Waals surface area (Å²) in [7, 11) is 0. The molecule has 3 aromatic rings. The van der Waals surface area contributed by atoms with Crippen molar-refractivity contribution in [1.29, 1.82) is 0 Å². The highest BCUT2D eigenvalue weighted by molar-refractivity contribution is 5.74. The zero-order valence-electron chi connectivity index (χ0n) is 15.3. The van der Waals surface area contributed by atoms with Gasteiger partial charge in [-0.05, 0) is 26.3 Å². The first kappa shape index (κ1) is 17.1. The molecule has 1 aliphatic rings. The Kier molecular flexibility index (Phi) is 4.53. The van der Waals surface area contributed by atoms with E-state index in [1.54, 1.807) is 23.5 Å². The van der Waals surface area contributed by atoms with Gasteiger partial charge in [0.15, 0.2) is 0 Å². The van der Waals surface area contributed by atoms with Crippen molar-refractivity contribution in [2.24, 2.45) is 0 Å². The van der Waals surface area contributed by atoms with E-state index in [1.165, 1.54) is 0 Å². The third kappa shape index (κ3) is 3.64. The Hall–Kier alpha value is -3.30. The van der Waals surface area contributed by atoms with Gasteiger partial charge in [0.25, 0.3) is 0 Å². The number of nitrogens with one attached hydrogen (secondary N) is 2. The van der Waals surface area contributed by atoms with Crippen molar-refractivity contribution < 1.29 is 4.79 Å². The molecule has 10 heteroatoms. The summed E-state index contributed by atoms with van der Waals surface area (Å²) in [5, 5.41) is 14.3. The van der Waals surface area contributed by atoms with Gasteiger partial charge in [-0.15, -0.1) is 0 Å². The van der Waals surface area contributed by atoms with Crippen LogP contribution < -0.4 is 5.32 Å². The maximum atomic E-state index is 12.5. The van der Waals surface area contributed by atoms with Gasteiger partial charge in [0.2, 0.25) is 5.82 Å². The van der Waals surface area contributed by atoms with E-state index in [9.17, 15) is 4.79 Å². The van der Waals surface area contributed by atoms with E-state index in [4.69, 9.17) is 0 Å². The molecule has 0 bridgehead atoms. The van der Waals surface area contributed by atoms with E-state index < -0.39 is 0 Å². The summed E-state index contributed by atoms with van der Waals surface area (Å²) in [5.74, 6) is 1.02. The second-order valence-electron chi connectivity index (χ2n) is 6.62. The lowest BCUT2D eigenvalue weighted by Crippen LogP contribution is -2.38. The lowest BCUT2D eigenvalue weighted by molar-refractivity contribution is 0.206. The normalized spacial score (nSPS) is 16.7. The molecule has 4 rings (SSSR count). The van der Waals surface area contributed by atoms with Crippen LogP contribution >= 0.6 is 0 Å². The van der Waals surface area contributed by atoms with Gasteiger partial charge in [-0.1, -0.05) is 0 Å². The van der Waals surface area contributed by atoms with Crippen LogP contribution in [0.15, 0.2) is 24.7 Å². The standard InChI is InChI=1S/C17H21N9O/c1-11-7-12(2)26(24-11)13-3-6-25(10-13)17(27)20-9-15-21-16(23-22-15)14-8-18-4-5-19-14/h4-5,7-8,13H,3,6,9-10H2,1-2H3,(H,20,27)(H,21,22,23)/t13-/m1/s1. The number of nitrogens with zero attached hydrogens (tertiary/aromatic N) is 7. The maximum absolute atomic E-state index is 12.5. The van der Waals surface area contributed by atoms with Crippen molar-refractivity contribution in [2.45, 2.75) is 32.9 Å². The van der Waals surface area contributed by atoms with Gasteiger partial charge in [-0.2, -0.15) is 10.2 Å². The third-order valence-corrected chi connectivity index (χ3v) is 4.57. The average molecular weight is 367 g/mol. The zero-order valence-corrected chi connectivity index (χ0v) is 15.3. The molecule has 10 nitrogen and oxygen atoms in total. The molecule has 2 amide bonds. The minimum atomic E-state index is -0.114. The second-order valence-corrected chi connectivity index (χ2v) is 6.62. The predicted octanol–water partition coefficient (Wildman–Crippen LogP) is 1.23. The quantitative estimate of drug-likeness (QED) is 0.716. The van der Waals surface area contributed by atoms with Gasteiger partial charge in [-0.3, -0.25) is 14.8 Å². The van der Waals surface area contributed by atoms with Crippen molar-refractivity contribution in [1.82, 2.24) is 45.1 Å². The molecular weight excluding hydrogens is 346 g/mol. The first-order chi connectivity index (χ1) is 13.1. The van der Waals surface area contributed by atoms with Gasteiger partial charge >= 0.3 is 6.03 Å². The number of urea groups is 1. The van der Waals surface area contributed by atoms with Gasteiger partial charge in [0, 0.05) is 31.2 Å². The second kappa shape index (κ2) is 7.14. The largest absolute Gasteiger partial charge is 0.331 e. The Labute approximate surface area is 156 Å². The number of amides is 2. The molecule has 0 saturated carbocycles. The fraction of sp³-hybridized carbons (Fsp3) is 0.412. The number of hydrogen-bond acceptors (Lipinski definition) is 6. The summed E-state index contributed by atoms with van der Waals surface area (Å²) in [6.45, 7) is 5.65. The molecule has 0 aromatic carbocycles. The molecule has 27 heavy (non-hydrogen) atoms. The molecular formula is C17H21N9O. The molecule has 1 saturated heterocycles. The van der Waals surface area contributed by atoms with Crippen LogP contribution in [0.4, 0.5) is 4.79 Å². The molecule has 1 atom stereocenters. The summed E-state index contributed by atoms with van der Waals surface area (Å²) in [4.78, 5) is 26.8. The van der Waals surface area contributed by atoms with Crippen LogP contribution in [0.25, 0.3) is 11.5 Å². The highest BCUT2D eigenvalue weighted by atomic mass is 16.2.